The Labute approximate surface area is 146 Å². The Kier molecular flexibility index (Phi) is 4.75. The summed E-state index contributed by atoms with van der Waals surface area (Å²) in [6, 6.07) is 10.2. The molecule has 3 rings (SSSR count). The van der Waals surface area contributed by atoms with Gasteiger partial charge in [0.25, 0.3) is 5.89 Å². The highest BCUT2D eigenvalue weighted by molar-refractivity contribution is 7.13. The summed E-state index contributed by atoms with van der Waals surface area (Å²) < 4.78 is 6.02. The number of benzene rings is 1. The van der Waals surface area contributed by atoms with Crippen LogP contribution in [0.4, 0.5) is 11.4 Å². The standard InChI is InChI=1S/C16H14N4O4S/c1-10(21)17-11-4-6-12(7-5-11)18-14(22)9-20-16(23)24-15(19-20)13-3-2-8-25-13/h2-8H,9H2,1H3,(H,17,21)(H,18,22). The fraction of sp³-hybridized carbons (Fsp3) is 0.125. The molecule has 9 heteroatoms. The largest absolute Gasteiger partial charge is 0.437 e. The Morgan fingerprint density at radius 1 is 1.16 bits per heavy atom. The molecule has 2 aromatic heterocycles. The third-order valence-electron chi connectivity index (χ3n) is 3.12. The number of carbonyl (C=O) groups excluding carboxylic acids is 2. The van der Waals surface area contributed by atoms with Gasteiger partial charge in [0.05, 0.1) is 4.88 Å². The Morgan fingerprint density at radius 2 is 1.84 bits per heavy atom. The molecular weight excluding hydrogens is 344 g/mol. The van der Waals surface area contributed by atoms with Crippen molar-refractivity contribution >= 4 is 34.5 Å². The van der Waals surface area contributed by atoms with Gasteiger partial charge in [-0.3, -0.25) is 9.59 Å². The maximum absolute atomic E-state index is 12.1. The second-order valence-electron chi connectivity index (χ2n) is 5.11. The number of amides is 2. The van der Waals surface area contributed by atoms with E-state index in [0.717, 1.165) is 4.68 Å². The summed E-state index contributed by atoms with van der Waals surface area (Å²) in [4.78, 5) is 35.5. The molecule has 2 N–H and O–H groups in total. The van der Waals surface area contributed by atoms with Gasteiger partial charge in [-0.25, -0.2) is 4.79 Å². The number of hydrogen-bond donors (Lipinski definition) is 2. The van der Waals surface area contributed by atoms with Crippen LogP contribution in [0.25, 0.3) is 10.8 Å². The molecule has 0 radical (unpaired) electrons. The van der Waals surface area contributed by atoms with Crippen LogP contribution in [0.3, 0.4) is 0 Å². The Morgan fingerprint density at radius 3 is 2.44 bits per heavy atom. The first-order chi connectivity index (χ1) is 12.0. The first-order valence-corrected chi connectivity index (χ1v) is 8.18. The van der Waals surface area contributed by atoms with Crippen LogP contribution in [0, 0.1) is 0 Å². The molecule has 1 aromatic carbocycles. The molecule has 2 heterocycles. The van der Waals surface area contributed by atoms with E-state index in [0.29, 0.717) is 16.3 Å². The molecule has 0 aliphatic heterocycles. The first kappa shape index (κ1) is 16.7. The number of thiophene rings is 1. The minimum atomic E-state index is -0.695. The monoisotopic (exact) mass is 358 g/mol. The summed E-state index contributed by atoms with van der Waals surface area (Å²) in [5.74, 6) is -1.10. The summed E-state index contributed by atoms with van der Waals surface area (Å²) in [5, 5.41) is 11.1. The van der Waals surface area contributed by atoms with Crippen LogP contribution in [-0.4, -0.2) is 21.6 Å². The molecule has 8 nitrogen and oxygen atoms in total. The summed E-state index contributed by atoms with van der Waals surface area (Å²) in [6.45, 7) is 1.15. The van der Waals surface area contributed by atoms with E-state index in [4.69, 9.17) is 4.42 Å². The molecule has 0 saturated carbocycles. The zero-order valence-corrected chi connectivity index (χ0v) is 14.0. The van der Waals surface area contributed by atoms with Crippen LogP contribution in [0.2, 0.25) is 0 Å². The van der Waals surface area contributed by atoms with E-state index >= 15 is 0 Å². The minimum Gasteiger partial charge on any atom is -0.387 e. The molecule has 0 aliphatic carbocycles. The molecule has 0 aliphatic rings. The lowest BCUT2D eigenvalue weighted by Gasteiger charge is -2.06. The van der Waals surface area contributed by atoms with Crippen molar-refractivity contribution in [3.63, 3.8) is 0 Å². The van der Waals surface area contributed by atoms with Crippen molar-refractivity contribution in [3.8, 4) is 10.8 Å². The van der Waals surface area contributed by atoms with Crippen molar-refractivity contribution in [1.29, 1.82) is 0 Å². The van der Waals surface area contributed by atoms with Crippen LogP contribution in [-0.2, 0) is 16.1 Å². The van der Waals surface area contributed by atoms with Gasteiger partial charge in [0, 0.05) is 18.3 Å². The average Bonchev–Trinajstić information content (AvgIpc) is 3.19. The van der Waals surface area contributed by atoms with Crippen molar-refractivity contribution in [3.05, 3.63) is 52.3 Å². The van der Waals surface area contributed by atoms with E-state index in [-0.39, 0.29) is 18.3 Å². The highest BCUT2D eigenvalue weighted by Crippen LogP contribution is 2.21. The van der Waals surface area contributed by atoms with Crippen molar-refractivity contribution in [1.82, 2.24) is 9.78 Å². The number of anilines is 2. The second kappa shape index (κ2) is 7.14. The zero-order chi connectivity index (χ0) is 17.8. The molecule has 25 heavy (non-hydrogen) atoms. The molecule has 0 unspecified atom stereocenters. The molecule has 0 fully saturated rings. The number of aromatic nitrogens is 2. The lowest BCUT2D eigenvalue weighted by molar-refractivity contribution is -0.117. The smallest absolute Gasteiger partial charge is 0.387 e. The number of hydrogen-bond acceptors (Lipinski definition) is 6. The Balaban J connectivity index is 1.65. The minimum absolute atomic E-state index is 0.177. The maximum atomic E-state index is 12.1. The van der Waals surface area contributed by atoms with E-state index in [1.165, 1.54) is 18.3 Å². The molecule has 2 amide bonds. The summed E-state index contributed by atoms with van der Waals surface area (Å²) in [5.41, 5.74) is 1.16. The van der Waals surface area contributed by atoms with Crippen molar-refractivity contribution < 1.29 is 14.0 Å². The highest BCUT2D eigenvalue weighted by atomic mass is 32.1. The van der Waals surface area contributed by atoms with E-state index in [9.17, 15) is 14.4 Å². The van der Waals surface area contributed by atoms with Crippen LogP contribution < -0.4 is 16.4 Å². The van der Waals surface area contributed by atoms with Crippen LogP contribution >= 0.6 is 11.3 Å². The number of carbonyl (C=O) groups is 2. The normalized spacial score (nSPS) is 10.4. The van der Waals surface area contributed by atoms with Gasteiger partial charge in [-0.15, -0.1) is 16.4 Å². The third-order valence-corrected chi connectivity index (χ3v) is 3.98. The molecule has 0 spiro atoms. The summed E-state index contributed by atoms with van der Waals surface area (Å²) >= 11 is 1.39. The van der Waals surface area contributed by atoms with Gasteiger partial charge in [0.15, 0.2) is 0 Å². The highest BCUT2D eigenvalue weighted by Gasteiger charge is 2.14. The van der Waals surface area contributed by atoms with Gasteiger partial charge in [-0.05, 0) is 35.7 Å². The van der Waals surface area contributed by atoms with Crippen molar-refractivity contribution in [2.24, 2.45) is 0 Å². The van der Waals surface area contributed by atoms with Crippen LogP contribution in [0.15, 0.2) is 51.0 Å². The van der Waals surface area contributed by atoms with Gasteiger partial charge in [-0.2, -0.15) is 4.68 Å². The fourth-order valence-electron chi connectivity index (χ4n) is 2.08. The lowest BCUT2D eigenvalue weighted by atomic mass is 10.2. The molecule has 0 saturated heterocycles. The van der Waals surface area contributed by atoms with E-state index < -0.39 is 11.7 Å². The van der Waals surface area contributed by atoms with Gasteiger partial charge in [0.2, 0.25) is 11.8 Å². The maximum Gasteiger partial charge on any atom is 0.437 e. The second-order valence-corrected chi connectivity index (χ2v) is 6.06. The fourth-order valence-corrected chi connectivity index (χ4v) is 2.73. The Hall–Kier alpha value is -3.20. The zero-order valence-electron chi connectivity index (χ0n) is 13.2. The van der Waals surface area contributed by atoms with Gasteiger partial charge < -0.3 is 15.1 Å². The van der Waals surface area contributed by atoms with E-state index in [1.54, 1.807) is 30.3 Å². The number of nitrogens with zero attached hydrogens (tertiary/aromatic N) is 2. The summed E-state index contributed by atoms with van der Waals surface area (Å²) in [6.07, 6.45) is 0. The van der Waals surface area contributed by atoms with Gasteiger partial charge >= 0.3 is 5.76 Å². The number of rotatable bonds is 5. The predicted octanol–water partition coefficient (Wildman–Crippen LogP) is 2.16. The molecule has 0 bridgehead atoms. The average molecular weight is 358 g/mol. The third kappa shape index (κ3) is 4.21. The SMILES string of the molecule is CC(=O)Nc1ccc(NC(=O)Cn2nc(-c3cccs3)oc2=O)cc1. The Bertz CT molecular complexity index is 941. The first-order valence-electron chi connectivity index (χ1n) is 7.30. The van der Waals surface area contributed by atoms with E-state index in [1.807, 2.05) is 11.4 Å². The summed E-state index contributed by atoms with van der Waals surface area (Å²) in [7, 11) is 0. The van der Waals surface area contributed by atoms with Crippen molar-refractivity contribution in [2.75, 3.05) is 10.6 Å². The van der Waals surface area contributed by atoms with Gasteiger partial charge in [0.1, 0.15) is 6.54 Å². The van der Waals surface area contributed by atoms with Crippen LogP contribution in [0.5, 0.6) is 0 Å². The molecular formula is C16H14N4O4S. The lowest BCUT2D eigenvalue weighted by Crippen LogP contribution is -2.25. The van der Waals surface area contributed by atoms with Crippen molar-refractivity contribution in [2.45, 2.75) is 13.5 Å². The molecule has 128 valence electrons. The quantitative estimate of drug-likeness (QED) is 0.727. The van der Waals surface area contributed by atoms with E-state index in [2.05, 4.69) is 15.7 Å². The molecule has 3 aromatic rings. The molecule has 0 atom stereocenters. The van der Waals surface area contributed by atoms with Gasteiger partial charge in [-0.1, -0.05) is 6.07 Å². The number of nitrogens with one attached hydrogen (secondary N) is 2. The predicted molar refractivity (Wildman–Crippen MR) is 93.5 cm³/mol. The van der Waals surface area contributed by atoms with Crippen LogP contribution in [0.1, 0.15) is 6.92 Å². The topological polar surface area (TPSA) is 106 Å².